The molecule has 26 heteroatoms. The van der Waals surface area contributed by atoms with Crippen LogP contribution >= 0.6 is 11.8 Å². The minimum Gasteiger partial charge on any atom is -0.508 e. The Morgan fingerprint density at radius 2 is 0.906 bits per heavy atom. The number of unbranched alkanes of at least 4 members (excludes halogenated alkanes) is 1. The van der Waals surface area contributed by atoms with Gasteiger partial charge in [-0.3, -0.25) is 47.9 Å². The van der Waals surface area contributed by atoms with Crippen LogP contribution in [0, 0.1) is 11.8 Å². The van der Waals surface area contributed by atoms with Crippen molar-refractivity contribution < 1.29 is 68.1 Å². The predicted octanol–water partition coefficient (Wildman–Crippen LogP) is 0.425. The number of amides is 9. The maximum absolute atomic E-state index is 14.7. The molecule has 11 atom stereocenters. The first-order valence-electron chi connectivity index (χ1n) is 28.4. The lowest BCUT2D eigenvalue weighted by molar-refractivity contribution is -0.144. The number of nitrogens with one attached hydrogen (secondary N) is 8. The van der Waals surface area contributed by atoms with Gasteiger partial charge in [0.2, 0.25) is 53.2 Å². The van der Waals surface area contributed by atoms with Crippen LogP contribution in [0.1, 0.15) is 102 Å². The first-order chi connectivity index (χ1) is 40.4. The number of aliphatic carboxylic acids is 2. The zero-order valence-corrected chi connectivity index (χ0v) is 49.6. The minimum absolute atomic E-state index is 0.0450. The molecule has 85 heavy (non-hydrogen) atoms. The van der Waals surface area contributed by atoms with Crippen LogP contribution in [0.25, 0.3) is 0 Å². The molecule has 3 rings (SSSR count). The molecule has 0 aromatic heterocycles. The van der Waals surface area contributed by atoms with E-state index in [1.807, 2.05) is 6.07 Å². The van der Waals surface area contributed by atoms with E-state index in [9.17, 15) is 68.1 Å². The Morgan fingerprint density at radius 1 is 0.494 bits per heavy atom. The van der Waals surface area contributed by atoms with Crippen LogP contribution in [0.3, 0.4) is 0 Å². The summed E-state index contributed by atoms with van der Waals surface area (Å²) in [6.45, 7) is 6.90. The van der Waals surface area contributed by atoms with Crippen molar-refractivity contribution in [2.45, 2.75) is 159 Å². The van der Waals surface area contributed by atoms with Gasteiger partial charge in [-0.2, -0.15) is 11.8 Å². The van der Waals surface area contributed by atoms with Crippen molar-refractivity contribution in [2.75, 3.05) is 18.6 Å². The molecular formula is C59H85N11O14S. The van der Waals surface area contributed by atoms with Crippen molar-refractivity contribution in [2.24, 2.45) is 29.0 Å². The number of thioether (sulfide) groups is 1. The largest absolute Gasteiger partial charge is 0.508 e. The fourth-order valence-electron chi connectivity index (χ4n) is 8.83. The number of hydrogen-bond acceptors (Lipinski definition) is 15. The molecule has 0 spiro atoms. The Kier molecular flexibility index (Phi) is 31.2. The Bertz CT molecular complexity index is 2690. The molecule has 466 valence electrons. The summed E-state index contributed by atoms with van der Waals surface area (Å²) in [4.78, 5) is 150. The Balaban J connectivity index is 1.98. The molecule has 0 aliphatic rings. The van der Waals surface area contributed by atoms with Crippen LogP contribution in [-0.2, 0) is 72.0 Å². The van der Waals surface area contributed by atoms with Crippen LogP contribution in [0.2, 0.25) is 0 Å². The summed E-state index contributed by atoms with van der Waals surface area (Å²) in [6.07, 6.45) is 1.14. The van der Waals surface area contributed by atoms with Crippen LogP contribution in [0.4, 0.5) is 0 Å². The molecule has 3 aromatic carbocycles. The highest BCUT2D eigenvalue weighted by atomic mass is 32.2. The number of carboxylic acid groups (broad SMARTS) is 2. The predicted molar refractivity (Wildman–Crippen MR) is 319 cm³/mol. The van der Waals surface area contributed by atoms with Crippen LogP contribution in [0.5, 0.6) is 5.75 Å². The van der Waals surface area contributed by atoms with Gasteiger partial charge in [0.25, 0.3) is 0 Å². The van der Waals surface area contributed by atoms with E-state index in [4.69, 9.17) is 17.2 Å². The van der Waals surface area contributed by atoms with Gasteiger partial charge in [-0.1, -0.05) is 113 Å². The highest BCUT2D eigenvalue weighted by molar-refractivity contribution is 7.98. The van der Waals surface area contributed by atoms with E-state index in [2.05, 4.69) is 42.5 Å². The number of carbonyl (C=O) groups excluding carboxylic acids is 9. The second-order valence-electron chi connectivity index (χ2n) is 21.0. The number of carbonyl (C=O) groups is 11. The monoisotopic (exact) mass is 1200 g/mol. The molecule has 9 amide bonds. The second kappa shape index (κ2) is 37.3. The molecule has 0 aliphatic heterocycles. The Labute approximate surface area is 499 Å². The molecular weight excluding hydrogens is 1120 g/mol. The first kappa shape index (κ1) is 71.2. The smallest absolute Gasteiger partial charge is 0.326 e. The maximum atomic E-state index is 14.7. The minimum atomic E-state index is -1.65. The highest BCUT2D eigenvalue weighted by Gasteiger charge is 2.37. The topological polar surface area (TPSA) is 423 Å². The third kappa shape index (κ3) is 25.3. The summed E-state index contributed by atoms with van der Waals surface area (Å²) in [7, 11) is 0. The number of primary amides is 1. The normalized spacial score (nSPS) is 15.0. The standard InChI is InChI=1S/C59H85N11O14S/c1-6-34(3)49(58(82)68-44(32-38-21-23-39(71)24-22-38)55(79)65-42(25-26-48(73)74)54(78)70-50(59(83)84)35(4)7-2)69-57(81)45(31-37-18-12-9-13-19-37)66-52(76)41(20-14-15-28-60)64-56(80)46(33-47(62)72)67-53(77)43(27-29-85-5)63-51(75)40(61)30-36-16-10-8-11-17-36/h8-13,16-19,21-24,34-35,40-46,49-50,71H,6-7,14-15,20,25-33,60-61H2,1-5H3,(H2,62,72)(H,63,75)(H,64,80)(H,65,79)(H,66,76)(H,67,77)(H,68,82)(H,69,81)(H,70,78)(H,73,74)(H,83,84)/t34-,35-,40-,41-,42-,43-,44-,45-,46-,49-,50-/m0/s1. The third-order valence-corrected chi connectivity index (χ3v) is 14.9. The summed E-state index contributed by atoms with van der Waals surface area (Å²) in [5.74, 6) is -11.6. The average Bonchev–Trinajstić information content (AvgIpc) is 3.60. The maximum Gasteiger partial charge on any atom is 0.326 e. The lowest BCUT2D eigenvalue weighted by Gasteiger charge is -2.30. The molecule has 0 saturated heterocycles. The van der Waals surface area contributed by atoms with E-state index >= 15 is 0 Å². The highest BCUT2D eigenvalue weighted by Crippen LogP contribution is 2.17. The van der Waals surface area contributed by atoms with Crippen LogP contribution in [-0.4, -0.2) is 153 Å². The van der Waals surface area contributed by atoms with Crippen molar-refractivity contribution in [1.82, 2.24) is 42.5 Å². The number of phenolic OH excluding ortho intramolecular Hbond substituents is 1. The van der Waals surface area contributed by atoms with E-state index in [1.54, 1.807) is 88.5 Å². The van der Waals surface area contributed by atoms with Crippen molar-refractivity contribution >= 4 is 76.9 Å². The van der Waals surface area contributed by atoms with E-state index in [0.717, 1.165) is 5.56 Å². The lowest BCUT2D eigenvalue weighted by atomic mass is 9.96. The molecule has 0 fully saturated rings. The van der Waals surface area contributed by atoms with Gasteiger partial charge in [-0.25, -0.2) is 4.79 Å². The van der Waals surface area contributed by atoms with Crippen molar-refractivity contribution in [3.8, 4) is 5.75 Å². The van der Waals surface area contributed by atoms with E-state index in [-0.39, 0.29) is 57.2 Å². The lowest BCUT2D eigenvalue weighted by Crippen LogP contribution is -2.62. The zero-order valence-electron chi connectivity index (χ0n) is 48.8. The number of carboxylic acids is 2. The molecule has 0 saturated carbocycles. The molecule has 0 bridgehead atoms. The SMILES string of the molecule is CC[C@H](C)[C@H](NC(=O)[C@H](CCC(=O)O)NC(=O)[C@H](Cc1ccc(O)cc1)NC(=O)[C@@H](NC(=O)[C@H](Cc1ccccc1)NC(=O)[C@H](CCCCN)NC(=O)[C@H](CC(N)=O)NC(=O)[C@H](CCSC)NC(=O)[C@@H](N)Cc1ccccc1)[C@@H](C)CC)C(=O)O. The number of nitrogens with two attached hydrogens (primary N) is 3. The molecule has 0 unspecified atom stereocenters. The molecule has 3 aromatic rings. The summed E-state index contributed by atoms with van der Waals surface area (Å²) >= 11 is 1.39. The quantitative estimate of drug-likeness (QED) is 0.0344. The fourth-order valence-corrected chi connectivity index (χ4v) is 9.30. The Morgan fingerprint density at radius 3 is 1.41 bits per heavy atom. The van der Waals surface area contributed by atoms with Crippen molar-refractivity contribution in [3.63, 3.8) is 0 Å². The average molecular weight is 1200 g/mol. The van der Waals surface area contributed by atoms with Crippen molar-refractivity contribution in [3.05, 3.63) is 102 Å². The number of aromatic hydroxyl groups is 1. The van der Waals surface area contributed by atoms with Gasteiger partial charge in [-0.15, -0.1) is 0 Å². The third-order valence-electron chi connectivity index (χ3n) is 14.3. The van der Waals surface area contributed by atoms with Gasteiger partial charge in [0, 0.05) is 19.3 Å². The zero-order chi connectivity index (χ0) is 63.2. The van der Waals surface area contributed by atoms with Crippen LogP contribution < -0.4 is 59.7 Å². The molecule has 0 aliphatic carbocycles. The molecule has 0 heterocycles. The summed E-state index contributed by atoms with van der Waals surface area (Å²) in [5.41, 5.74) is 19.4. The summed E-state index contributed by atoms with van der Waals surface area (Å²) in [6, 6.07) is 10.4. The van der Waals surface area contributed by atoms with Gasteiger partial charge >= 0.3 is 11.9 Å². The van der Waals surface area contributed by atoms with Gasteiger partial charge in [0.1, 0.15) is 54.1 Å². The van der Waals surface area contributed by atoms with E-state index < -0.39 is 151 Å². The molecule has 17 N–H and O–H groups in total. The second-order valence-corrected chi connectivity index (χ2v) is 22.0. The van der Waals surface area contributed by atoms with Gasteiger partial charge in [-0.05, 0) is 97.7 Å². The fraction of sp³-hybridized carbons (Fsp3) is 0.508. The molecule has 25 nitrogen and oxygen atoms in total. The van der Waals surface area contributed by atoms with E-state index in [0.29, 0.717) is 29.7 Å². The van der Waals surface area contributed by atoms with Crippen LogP contribution in [0.15, 0.2) is 84.9 Å². The van der Waals surface area contributed by atoms with Crippen molar-refractivity contribution in [1.29, 1.82) is 0 Å². The summed E-state index contributed by atoms with van der Waals surface area (Å²) < 4.78 is 0. The number of benzene rings is 3. The van der Waals surface area contributed by atoms with E-state index in [1.165, 1.54) is 36.0 Å². The number of phenols is 1. The van der Waals surface area contributed by atoms with Gasteiger partial charge in [0.05, 0.1) is 12.5 Å². The first-order valence-corrected chi connectivity index (χ1v) is 29.8. The number of hydrogen-bond donors (Lipinski definition) is 14. The molecule has 0 radical (unpaired) electrons. The van der Waals surface area contributed by atoms with Gasteiger partial charge in [0.15, 0.2) is 0 Å². The Hall–Kier alpha value is -8.10. The number of rotatable bonds is 39. The van der Waals surface area contributed by atoms with Gasteiger partial charge < -0.3 is 75.1 Å². The summed E-state index contributed by atoms with van der Waals surface area (Å²) in [5, 5.41) is 50.2.